The molecule has 6 unspecified atom stereocenters. The second-order valence-electron chi connectivity index (χ2n) is 8.09. The molecular weight excluding hydrogens is 268 g/mol. The van der Waals surface area contributed by atoms with E-state index in [9.17, 15) is 0 Å². The van der Waals surface area contributed by atoms with Crippen molar-refractivity contribution in [3.8, 4) is 0 Å². The van der Waals surface area contributed by atoms with Gasteiger partial charge in [-0.2, -0.15) is 0 Å². The Morgan fingerprint density at radius 2 is 1.09 bits per heavy atom. The normalized spacial score (nSPS) is 48.1. The molecule has 1 heterocycles. The second kappa shape index (κ2) is 3.19. The molecular formula is C21H20O. The van der Waals surface area contributed by atoms with Gasteiger partial charge in [-0.15, -0.1) is 0 Å². The number of benzene rings is 2. The molecule has 4 fully saturated rings. The van der Waals surface area contributed by atoms with Crippen molar-refractivity contribution in [3.05, 3.63) is 71.8 Å². The monoisotopic (exact) mass is 288 g/mol. The minimum absolute atomic E-state index is 0.283. The molecule has 1 nitrogen and oxygen atoms in total. The van der Waals surface area contributed by atoms with Gasteiger partial charge in [0, 0.05) is 22.7 Å². The van der Waals surface area contributed by atoms with Crippen molar-refractivity contribution in [2.75, 3.05) is 0 Å². The molecule has 0 radical (unpaired) electrons. The van der Waals surface area contributed by atoms with Gasteiger partial charge in [-0.3, -0.25) is 0 Å². The molecule has 0 amide bonds. The van der Waals surface area contributed by atoms with Gasteiger partial charge in [-0.25, -0.2) is 0 Å². The third kappa shape index (κ3) is 0.841. The van der Waals surface area contributed by atoms with Crippen molar-refractivity contribution in [2.45, 2.75) is 36.9 Å². The standard InChI is InChI=1S/C21H20O/c1-19(2)20(13-9-5-3-6-10-13)15-16(18-17(15)22-18)21(19,20)14-11-7-4-8-12-14/h3-12,15-18H,1-2H3. The quantitative estimate of drug-likeness (QED) is 0.763. The van der Waals surface area contributed by atoms with Gasteiger partial charge in [0.25, 0.3) is 0 Å². The van der Waals surface area contributed by atoms with Crippen LogP contribution in [-0.4, -0.2) is 12.2 Å². The van der Waals surface area contributed by atoms with Crippen molar-refractivity contribution < 1.29 is 4.74 Å². The summed E-state index contributed by atoms with van der Waals surface area (Å²) in [6, 6.07) is 22.4. The zero-order valence-corrected chi connectivity index (χ0v) is 13.0. The minimum atomic E-state index is 0.283. The van der Waals surface area contributed by atoms with Gasteiger partial charge in [0.1, 0.15) is 0 Å². The number of fused-ring (bicyclic) bond motifs is 7. The van der Waals surface area contributed by atoms with Gasteiger partial charge >= 0.3 is 0 Å². The van der Waals surface area contributed by atoms with Crippen LogP contribution in [0.3, 0.4) is 0 Å². The number of epoxide rings is 1. The highest BCUT2D eigenvalue weighted by atomic mass is 16.6. The molecule has 3 aliphatic carbocycles. The minimum Gasteiger partial charge on any atom is -0.369 e. The maximum atomic E-state index is 6.00. The van der Waals surface area contributed by atoms with E-state index in [1.165, 1.54) is 11.1 Å². The maximum Gasteiger partial charge on any atom is 0.0886 e. The Labute approximate surface area is 131 Å². The summed E-state index contributed by atoms with van der Waals surface area (Å²) in [4.78, 5) is 0. The van der Waals surface area contributed by atoms with Crippen LogP contribution in [0.2, 0.25) is 0 Å². The zero-order chi connectivity index (χ0) is 14.7. The Bertz CT molecular complexity index is 715. The topological polar surface area (TPSA) is 12.5 Å². The van der Waals surface area contributed by atoms with E-state index < -0.39 is 0 Å². The van der Waals surface area contributed by atoms with Gasteiger partial charge in [0.05, 0.1) is 12.2 Å². The van der Waals surface area contributed by atoms with Crippen LogP contribution in [0.1, 0.15) is 25.0 Å². The predicted octanol–water partition coefficient (Wildman–Crippen LogP) is 3.93. The summed E-state index contributed by atoms with van der Waals surface area (Å²) >= 11 is 0. The lowest BCUT2D eigenvalue weighted by Gasteiger charge is -2.56. The van der Waals surface area contributed by atoms with Gasteiger partial charge < -0.3 is 4.74 Å². The summed E-state index contributed by atoms with van der Waals surface area (Å²) in [6.07, 6.45) is 1.09. The molecule has 0 spiro atoms. The molecule has 0 N–H and O–H groups in total. The highest BCUT2D eigenvalue weighted by Crippen LogP contribution is 2.98. The fraction of sp³-hybridized carbons (Fsp3) is 0.429. The molecule has 22 heavy (non-hydrogen) atoms. The van der Waals surface area contributed by atoms with E-state index in [0.29, 0.717) is 17.6 Å². The van der Waals surface area contributed by atoms with Crippen LogP contribution in [0.15, 0.2) is 60.7 Å². The Hall–Kier alpha value is -1.60. The Kier molecular flexibility index (Phi) is 1.72. The van der Waals surface area contributed by atoms with Crippen LogP contribution in [0, 0.1) is 17.3 Å². The summed E-state index contributed by atoms with van der Waals surface area (Å²) in [7, 11) is 0. The van der Waals surface area contributed by atoms with E-state index in [-0.39, 0.29) is 10.8 Å². The largest absolute Gasteiger partial charge is 0.369 e. The zero-order valence-electron chi connectivity index (χ0n) is 13.0. The summed E-state index contributed by atoms with van der Waals surface area (Å²) in [5, 5.41) is 0. The van der Waals surface area contributed by atoms with Crippen LogP contribution >= 0.6 is 0 Å². The Morgan fingerprint density at radius 1 is 0.682 bits per heavy atom. The average Bonchev–Trinajstić information content (AvgIpc) is 3.31. The molecule has 2 aromatic rings. The molecule has 110 valence electrons. The SMILES string of the molecule is CC1(C)C2(c3ccccc3)C3C4OC4C3C12c1ccccc1. The lowest BCUT2D eigenvalue weighted by molar-refractivity contribution is 0.0287. The van der Waals surface area contributed by atoms with Crippen LogP contribution < -0.4 is 0 Å². The molecule has 0 bridgehead atoms. The molecule has 6 rings (SSSR count). The highest BCUT2D eigenvalue weighted by Gasteiger charge is 3.03. The van der Waals surface area contributed by atoms with Crippen LogP contribution in [0.25, 0.3) is 0 Å². The second-order valence-corrected chi connectivity index (χ2v) is 8.09. The summed E-state index contributed by atoms with van der Waals surface area (Å²) in [6.45, 7) is 4.98. The summed E-state index contributed by atoms with van der Waals surface area (Å²) in [5.74, 6) is 1.46. The molecule has 6 atom stereocenters. The van der Waals surface area contributed by atoms with Crippen molar-refractivity contribution in [1.82, 2.24) is 0 Å². The Balaban J connectivity index is 1.63. The van der Waals surface area contributed by atoms with Gasteiger partial charge in [0.15, 0.2) is 0 Å². The van der Waals surface area contributed by atoms with Crippen LogP contribution in [0.4, 0.5) is 0 Å². The summed E-state index contributed by atoms with van der Waals surface area (Å²) in [5.41, 5.74) is 3.93. The van der Waals surface area contributed by atoms with Crippen molar-refractivity contribution in [3.63, 3.8) is 0 Å². The lowest BCUT2D eigenvalue weighted by atomic mass is 9.44. The number of rotatable bonds is 2. The Morgan fingerprint density at radius 3 is 1.50 bits per heavy atom. The van der Waals surface area contributed by atoms with E-state index in [2.05, 4.69) is 74.5 Å². The number of hydrogen-bond acceptors (Lipinski definition) is 1. The molecule has 1 saturated heterocycles. The summed E-state index contributed by atoms with van der Waals surface area (Å²) < 4.78 is 6.00. The smallest absolute Gasteiger partial charge is 0.0886 e. The van der Waals surface area contributed by atoms with E-state index >= 15 is 0 Å². The first kappa shape index (κ1) is 11.9. The fourth-order valence-corrected chi connectivity index (χ4v) is 7.18. The van der Waals surface area contributed by atoms with Gasteiger partial charge in [-0.1, -0.05) is 74.5 Å². The highest BCUT2D eigenvalue weighted by molar-refractivity contribution is 5.68. The first-order valence-electron chi connectivity index (χ1n) is 8.45. The van der Waals surface area contributed by atoms with Crippen LogP contribution in [-0.2, 0) is 15.6 Å². The van der Waals surface area contributed by atoms with Crippen molar-refractivity contribution in [2.24, 2.45) is 17.3 Å². The molecule has 3 saturated carbocycles. The first-order valence-corrected chi connectivity index (χ1v) is 8.45. The lowest BCUT2D eigenvalue weighted by Crippen LogP contribution is -2.63. The van der Waals surface area contributed by atoms with Crippen molar-refractivity contribution in [1.29, 1.82) is 0 Å². The average molecular weight is 288 g/mol. The van der Waals surface area contributed by atoms with E-state index in [0.717, 1.165) is 11.8 Å². The van der Waals surface area contributed by atoms with E-state index in [1.54, 1.807) is 0 Å². The molecule has 1 heteroatoms. The first-order chi connectivity index (χ1) is 10.7. The van der Waals surface area contributed by atoms with Crippen LogP contribution in [0.5, 0.6) is 0 Å². The molecule has 1 aliphatic heterocycles. The fourth-order valence-electron chi connectivity index (χ4n) is 7.18. The molecule has 0 aromatic heterocycles. The van der Waals surface area contributed by atoms with E-state index in [4.69, 9.17) is 4.74 Å². The number of ether oxygens (including phenoxy) is 1. The third-order valence-electron chi connectivity index (χ3n) is 7.65. The van der Waals surface area contributed by atoms with Gasteiger partial charge in [-0.05, 0) is 16.5 Å². The molecule has 2 aromatic carbocycles. The van der Waals surface area contributed by atoms with Gasteiger partial charge in [0.2, 0.25) is 0 Å². The molecule has 4 aliphatic rings. The number of hydrogen-bond donors (Lipinski definition) is 0. The van der Waals surface area contributed by atoms with Crippen molar-refractivity contribution >= 4 is 0 Å². The maximum absolute atomic E-state index is 6.00. The predicted molar refractivity (Wildman–Crippen MR) is 85.7 cm³/mol. The van der Waals surface area contributed by atoms with E-state index in [1.807, 2.05) is 0 Å². The third-order valence-corrected chi connectivity index (χ3v) is 7.65.